The topological polar surface area (TPSA) is 268 Å². The number of hydrogen-bond acceptors (Lipinski definition) is 15. The zero-order chi connectivity index (χ0) is 49.9. The first-order chi connectivity index (χ1) is 32.9. The van der Waals surface area contributed by atoms with Crippen molar-refractivity contribution in [2.45, 2.75) is 305 Å². The molecule has 16 heteroatoms. The first-order valence-electron chi connectivity index (χ1n) is 27.5. The van der Waals surface area contributed by atoms with E-state index in [0.29, 0.717) is 12.8 Å². The van der Waals surface area contributed by atoms with Gasteiger partial charge in [-0.2, -0.15) is 0 Å². The molecule has 2 saturated heterocycles. The minimum Gasteiger partial charge on any atom is -0.394 e. The maximum atomic E-state index is 13.3. The quantitative estimate of drug-likeness (QED) is 0.0327. The summed E-state index contributed by atoms with van der Waals surface area (Å²) in [4.78, 5) is 13.3. The second-order valence-electron chi connectivity index (χ2n) is 20.0. The molecule has 0 bridgehead atoms. The molecule has 14 atom stereocenters. The molecule has 2 fully saturated rings. The zero-order valence-electron chi connectivity index (χ0n) is 42.3. The van der Waals surface area contributed by atoms with Gasteiger partial charge in [-0.25, -0.2) is 0 Å². The van der Waals surface area contributed by atoms with E-state index in [9.17, 15) is 55.9 Å². The minimum absolute atomic E-state index is 0.209. The largest absolute Gasteiger partial charge is 0.394 e. The summed E-state index contributed by atoms with van der Waals surface area (Å²) in [5.74, 6) is -0.756. The lowest BCUT2D eigenvalue weighted by Gasteiger charge is -2.43. The number of nitrogens with one attached hydrogen (secondary N) is 1. The van der Waals surface area contributed by atoms with Crippen molar-refractivity contribution in [3.63, 3.8) is 0 Å². The number of aliphatic hydroxyl groups excluding tert-OH is 10. The van der Waals surface area contributed by atoms with Crippen molar-refractivity contribution in [2.75, 3.05) is 19.8 Å². The highest BCUT2D eigenvalue weighted by Gasteiger charge is 2.48. The summed E-state index contributed by atoms with van der Waals surface area (Å²) in [5, 5.41) is 108. The number of carbonyl (C=O) groups excluding carboxylic acids is 1. The summed E-state index contributed by atoms with van der Waals surface area (Å²) in [5.41, 5.74) is 0. The predicted octanol–water partition coefficient (Wildman–Crippen LogP) is 5.72. The van der Waals surface area contributed by atoms with E-state index in [1.165, 1.54) is 135 Å². The fourth-order valence-electron chi connectivity index (χ4n) is 9.29. The highest BCUT2D eigenvalue weighted by molar-refractivity contribution is 5.80. The molecule has 0 spiro atoms. The van der Waals surface area contributed by atoms with E-state index in [0.717, 1.165) is 44.9 Å². The number of amides is 1. The van der Waals surface area contributed by atoms with Gasteiger partial charge in [0.15, 0.2) is 12.6 Å². The Labute approximate surface area is 409 Å². The molecule has 0 radical (unpaired) electrons. The van der Waals surface area contributed by atoms with E-state index in [1.807, 2.05) is 0 Å². The Balaban J connectivity index is 1.85. The molecule has 404 valence electrons. The van der Waals surface area contributed by atoms with Crippen molar-refractivity contribution in [2.24, 2.45) is 0 Å². The van der Waals surface area contributed by atoms with Crippen molar-refractivity contribution < 1.29 is 74.8 Å². The lowest BCUT2D eigenvalue weighted by Crippen LogP contribution is -2.62. The van der Waals surface area contributed by atoms with Crippen LogP contribution in [-0.4, -0.2) is 163 Å². The molecular weight excluding hydrogens is 879 g/mol. The van der Waals surface area contributed by atoms with Gasteiger partial charge in [-0.3, -0.25) is 4.79 Å². The normalized spacial score (nSPS) is 27.2. The summed E-state index contributed by atoms with van der Waals surface area (Å²) in [6, 6.07) is -1.27. The van der Waals surface area contributed by atoms with Gasteiger partial charge in [0, 0.05) is 0 Å². The molecule has 2 aliphatic heterocycles. The van der Waals surface area contributed by atoms with Gasteiger partial charge < -0.3 is 75.3 Å². The van der Waals surface area contributed by atoms with E-state index >= 15 is 0 Å². The Morgan fingerprint density at radius 1 is 0.471 bits per heavy atom. The molecule has 68 heavy (non-hydrogen) atoms. The second kappa shape index (κ2) is 39.4. The first-order valence-corrected chi connectivity index (χ1v) is 27.5. The minimum atomic E-state index is -1.82. The van der Waals surface area contributed by atoms with E-state index in [4.69, 9.17) is 18.9 Å². The molecule has 0 aliphatic carbocycles. The molecule has 16 nitrogen and oxygen atoms in total. The number of unbranched alkanes of at least 4 members (excludes halogenated alkanes) is 28. The van der Waals surface area contributed by atoms with Crippen LogP contribution in [0.2, 0.25) is 0 Å². The number of hydrogen-bond donors (Lipinski definition) is 11. The summed E-state index contributed by atoms with van der Waals surface area (Å²) >= 11 is 0. The average molecular weight is 980 g/mol. The number of carbonyl (C=O) groups is 1. The lowest BCUT2D eigenvalue weighted by molar-refractivity contribution is -0.331. The smallest absolute Gasteiger partial charge is 0.249 e. The van der Waals surface area contributed by atoms with E-state index in [1.54, 1.807) is 0 Å². The molecule has 2 rings (SSSR count). The first kappa shape index (κ1) is 63.0. The molecule has 0 saturated carbocycles. The second-order valence-corrected chi connectivity index (χ2v) is 20.0. The van der Waals surface area contributed by atoms with Crippen molar-refractivity contribution in [1.82, 2.24) is 5.32 Å². The number of rotatable bonds is 43. The van der Waals surface area contributed by atoms with Crippen molar-refractivity contribution >= 4 is 5.91 Å². The highest BCUT2D eigenvalue weighted by Crippen LogP contribution is 2.27. The van der Waals surface area contributed by atoms with Gasteiger partial charge in [0.2, 0.25) is 5.91 Å². The third-order valence-electron chi connectivity index (χ3n) is 14.0. The summed E-state index contributed by atoms with van der Waals surface area (Å²) in [7, 11) is 0. The van der Waals surface area contributed by atoms with Gasteiger partial charge >= 0.3 is 0 Å². The Morgan fingerprint density at radius 2 is 0.824 bits per heavy atom. The van der Waals surface area contributed by atoms with E-state index in [-0.39, 0.29) is 12.8 Å². The van der Waals surface area contributed by atoms with Gasteiger partial charge in [0.25, 0.3) is 0 Å². The van der Waals surface area contributed by atoms with Gasteiger partial charge in [-0.05, 0) is 12.8 Å². The van der Waals surface area contributed by atoms with Crippen LogP contribution in [0.5, 0.6) is 0 Å². The Hall–Kier alpha value is -1.09. The third-order valence-corrected chi connectivity index (χ3v) is 14.0. The summed E-state index contributed by atoms with van der Waals surface area (Å²) in [6.45, 7) is 2.68. The Bertz CT molecular complexity index is 1190. The van der Waals surface area contributed by atoms with Crippen LogP contribution in [0.4, 0.5) is 0 Å². The molecule has 0 unspecified atom stereocenters. The molecule has 0 aromatic rings. The van der Waals surface area contributed by atoms with E-state index in [2.05, 4.69) is 19.2 Å². The fourth-order valence-corrected chi connectivity index (χ4v) is 9.29. The molecular formula is C52H101NO15. The van der Waals surface area contributed by atoms with Gasteiger partial charge in [-0.15, -0.1) is 0 Å². The maximum absolute atomic E-state index is 13.3. The fraction of sp³-hybridized carbons (Fsp3) is 0.981. The average Bonchev–Trinajstić information content (AvgIpc) is 3.33. The Kier molecular flexibility index (Phi) is 36.6. The molecule has 1 amide bonds. The van der Waals surface area contributed by atoms with Crippen LogP contribution >= 0.6 is 0 Å². The van der Waals surface area contributed by atoms with Gasteiger partial charge in [0.1, 0.15) is 61.0 Å². The number of aliphatic hydroxyl groups is 10. The molecule has 2 heterocycles. The van der Waals surface area contributed by atoms with Crippen molar-refractivity contribution in [3.05, 3.63) is 0 Å². The van der Waals surface area contributed by atoms with Crippen LogP contribution in [0.3, 0.4) is 0 Å². The van der Waals surface area contributed by atoms with Crippen LogP contribution in [0.25, 0.3) is 0 Å². The van der Waals surface area contributed by atoms with Crippen molar-refractivity contribution in [1.29, 1.82) is 0 Å². The monoisotopic (exact) mass is 980 g/mol. The standard InChI is InChI=1S/C52H101NO15/c1-3-5-7-9-11-13-15-17-18-19-20-21-22-24-26-28-30-32-34-40(56)50(64)53-38(43(57)39(55)33-31-29-27-25-23-16-14-12-10-8-6-4-2)36-65-51-49(63)47(61)45(59)42(68-51)37-66-52-48(62)46(60)44(58)41(35-54)67-52/h38-49,51-52,54-63H,3-37H2,1-2H3,(H,53,64)/t38-,39+,40+,41+,42+,43-,44-,45+,46-,47-,48+,49+,51+,52-/m0/s1. The van der Waals surface area contributed by atoms with Crippen LogP contribution < -0.4 is 5.32 Å². The summed E-state index contributed by atoms with van der Waals surface area (Å²) < 4.78 is 22.4. The van der Waals surface area contributed by atoms with E-state index < -0.39 is 111 Å². The van der Waals surface area contributed by atoms with Gasteiger partial charge in [-0.1, -0.05) is 206 Å². The van der Waals surface area contributed by atoms with Crippen LogP contribution in [0, 0.1) is 0 Å². The van der Waals surface area contributed by atoms with Crippen LogP contribution in [0.15, 0.2) is 0 Å². The van der Waals surface area contributed by atoms with Gasteiger partial charge in [0.05, 0.1) is 32.0 Å². The maximum Gasteiger partial charge on any atom is 0.249 e. The van der Waals surface area contributed by atoms with Crippen molar-refractivity contribution in [3.8, 4) is 0 Å². The third kappa shape index (κ3) is 26.0. The molecule has 0 aromatic heterocycles. The molecule has 11 N–H and O–H groups in total. The van der Waals surface area contributed by atoms with Crippen LogP contribution in [0.1, 0.15) is 219 Å². The SMILES string of the molecule is CCCCCCCCCCCCCCCCCCCC[C@@H](O)C(=O)N[C@@H](CO[C@@H]1O[C@H](CO[C@H]2O[C@H](CO)[C@H](O)[C@H](O)[C@H]2O)[C@@H](O)[C@H](O)[C@H]1O)[C@H](O)[C@H](O)CCCCCCCCCCCCCC. The highest BCUT2D eigenvalue weighted by atomic mass is 16.7. The number of ether oxygens (including phenoxy) is 4. The summed E-state index contributed by atoms with van der Waals surface area (Å²) in [6.07, 6.45) is 15.7. The zero-order valence-corrected chi connectivity index (χ0v) is 42.3. The molecule has 2 aliphatic rings. The predicted molar refractivity (Wildman–Crippen MR) is 261 cm³/mol. The van der Waals surface area contributed by atoms with Crippen LogP contribution in [-0.2, 0) is 23.7 Å². The Morgan fingerprint density at radius 3 is 1.24 bits per heavy atom. The lowest BCUT2D eigenvalue weighted by atomic mass is 9.98. The molecule has 0 aromatic carbocycles.